The van der Waals surface area contributed by atoms with Crippen molar-refractivity contribution < 1.29 is 0 Å². The molecule has 2 rings (SSSR count). The van der Waals surface area contributed by atoms with Crippen LogP contribution in [-0.2, 0) is 6.42 Å². The monoisotopic (exact) mass is 289 g/mol. The second-order valence-corrected chi connectivity index (χ2v) is 6.55. The van der Waals surface area contributed by atoms with Crippen molar-refractivity contribution in [3.05, 3.63) is 35.9 Å². The van der Waals surface area contributed by atoms with Gasteiger partial charge >= 0.3 is 0 Å². The fourth-order valence-corrected chi connectivity index (χ4v) is 2.84. The fraction of sp³-hybridized carbons (Fsp3) is 0.667. The molecule has 1 fully saturated rings. The molecule has 1 aromatic carbocycles. The number of likely N-dealkylation sites (tertiary alicyclic amines) is 1. The maximum Gasteiger partial charge on any atom is 0.0207 e. The first-order chi connectivity index (χ1) is 10.1. The van der Waals surface area contributed by atoms with Gasteiger partial charge in [0, 0.05) is 38.3 Å². The zero-order valence-electron chi connectivity index (χ0n) is 13.9. The number of likely N-dealkylation sites (N-methyl/N-ethyl adjacent to an activating group) is 1. The van der Waals surface area contributed by atoms with E-state index in [0.717, 1.165) is 13.1 Å². The second kappa shape index (κ2) is 8.52. The van der Waals surface area contributed by atoms with Crippen molar-refractivity contribution in [1.29, 1.82) is 0 Å². The highest BCUT2D eigenvalue weighted by Crippen LogP contribution is 2.10. The largest absolute Gasteiger partial charge is 0.311 e. The fourth-order valence-electron chi connectivity index (χ4n) is 2.84. The standard InChI is InChI=1S/C18H31N3/c1-16(2)20(3)14-11-19-18-10-13-21(15-18)12-9-17-7-5-4-6-8-17/h4-8,16,18-19H,9-15H2,1-3H3. The van der Waals surface area contributed by atoms with Crippen molar-refractivity contribution in [3.63, 3.8) is 0 Å². The lowest BCUT2D eigenvalue weighted by Crippen LogP contribution is -2.39. The van der Waals surface area contributed by atoms with Crippen molar-refractivity contribution in [2.24, 2.45) is 0 Å². The van der Waals surface area contributed by atoms with Crippen LogP contribution < -0.4 is 5.32 Å². The summed E-state index contributed by atoms with van der Waals surface area (Å²) >= 11 is 0. The Hall–Kier alpha value is -0.900. The summed E-state index contributed by atoms with van der Waals surface area (Å²) in [5.74, 6) is 0. The summed E-state index contributed by atoms with van der Waals surface area (Å²) in [5, 5.41) is 3.71. The average molecular weight is 289 g/mol. The number of benzene rings is 1. The van der Waals surface area contributed by atoms with Gasteiger partial charge in [0.15, 0.2) is 0 Å². The summed E-state index contributed by atoms with van der Waals surface area (Å²) in [6.07, 6.45) is 2.46. The molecule has 1 saturated heterocycles. The van der Waals surface area contributed by atoms with Gasteiger partial charge in [-0.3, -0.25) is 0 Å². The molecule has 21 heavy (non-hydrogen) atoms. The second-order valence-electron chi connectivity index (χ2n) is 6.55. The Kier molecular flexibility index (Phi) is 6.68. The Morgan fingerprint density at radius 1 is 1.29 bits per heavy atom. The highest BCUT2D eigenvalue weighted by molar-refractivity contribution is 5.14. The van der Waals surface area contributed by atoms with Crippen LogP contribution in [0.3, 0.4) is 0 Å². The number of hydrogen-bond donors (Lipinski definition) is 1. The molecular formula is C18H31N3. The Balaban J connectivity index is 1.60. The van der Waals surface area contributed by atoms with Crippen LogP contribution >= 0.6 is 0 Å². The van der Waals surface area contributed by atoms with Crippen molar-refractivity contribution in [1.82, 2.24) is 15.1 Å². The highest BCUT2D eigenvalue weighted by atomic mass is 15.2. The molecule has 1 N–H and O–H groups in total. The van der Waals surface area contributed by atoms with Crippen LogP contribution in [0.4, 0.5) is 0 Å². The molecule has 1 heterocycles. The van der Waals surface area contributed by atoms with Gasteiger partial charge in [-0.2, -0.15) is 0 Å². The number of nitrogens with one attached hydrogen (secondary N) is 1. The Bertz CT molecular complexity index is 391. The SMILES string of the molecule is CC(C)N(C)CCNC1CCN(CCc2ccccc2)C1. The van der Waals surface area contributed by atoms with Gasteiger partial charge in [-0.15, -0.1) is 0 Å². The lowest BCUT2D eigenvalue weighted by Gasteiger charge is -2.22. The summed E-state index contributed by atoms with van der Waals surface area (Å²) in [6, 6.07) is 12.1. The third-order valence-corrected chi connectivity index (χ3v) is 4.61. The Morgan fingerprint density at radius 2 is 2.05 bits per heavy atom. The maximum absolute atomic E-state index is 3.71. The number of hydrogen-bond acceptors (Lipinski definition) is 3. The van der Waals surface area contributed by atoms with Gasteiger partial charge in [0.1, 0.15) is 0 Å². The Morgan fingerprint density at radius 3 is 2.76 bits per heavy atom. The molecule has 0 bridgehead atoms. The van der Waals surface area contributed by atoms with Crippen molar-refractivity contribution in [2.45, 2.75) is 38.8 Å². The molecule has 1 atom stereocenters. The molecule has 3 nitrogen and oxygen atoms in total. The number of nitrogens with zero attached hydrogens (tertiary/aromatic N) is 2. The van der Waals surface area contributed by atoms with E-state index in [1.807, 2.05) is 0 Å². The van der Waals surface area contributed by atoms with E-state index in [4.69, 9.17) is 0 Å². The molecule has 0 aliphatic carbocycles. The van der Waals surface area contributed by atoms with Crippen LogP contribution in [0.15, 0.2) is 30.3 Å². The van der Waals surface area contributed by atoms with Crippen LogP contribution in [0, 0.1) is 0 Å². The molecule has 0 saturated carbocycles. The van der Waals surface area contributed by atoms with Crippen molar-refractivity contribution in [2.75, 3.05) is 39.8 Å². The van der Waals surface area contributed by atoms with Crippen molar-refractivity contribution in [3.8, 4) is 0 Å². The van der Waals surface area contributed by atoms with Crippen LogP contribution in [0.25, 0.3) is 0 Å². The van der Waals surface area contributed by atoms with Crippen LogP contribution in [-0.4, -0.2) is 61.7 Å². The summed E-state index contributed by atoms with van der Waals surface area (Å²) in [4.78, 5) is 4.99. The molecule has 118 valence electrons. The lowest BCUT2D eigenvalue weighted by atomic mass is 10.1. The van der Waals surface area contributed by atoms with E-state index in [1.165, 1.54) is 38.0 Å². The van der Waals surface area contributed by atoms with Gasteiger partial charge in [0.25, 0.3) is 0 Å². The molecule has 0 amide bonds. The van der Waals surface area contributed by atoms with Gasteiger partial charge in [0.05, 0.1) is 0 Å². The van der Waals surface area contributed by atoms with Crippen LogP contribution in [0.2, 0.25) is 0 Å². The summed E-state index contributed by atoms with van der Waals surface area (Å²) < 4.78 is 0. The topological polar surface area (TPSA) is 18.5 Å². The molecule has 1 aliphatic heterocycles. The molecular weight excluding hydrogens is 258 g/mol. The molecule has 1 unspecified atom stereocenters. The normalized spacial score (nSPS) is 19.8. The van der Waals surface area contributed by atoms with Gasteiger partial charge in [-0.1, -0.05) is 30.3 Å². The first-order valence-electron chi connectivity index (χ1n) is 8.35. The first-order valence-corrected chi connectivity index (χ1v) is 8.35. The minimum absolute atomic E-state index is 0.637. The summed E-state index contributed by atoms with van der Waals surface area (Å²) in [7, 11) is 2.20. The minimum atomic E-state index is 0.637. The van der Waals surface area contributed by atoms with E-state index in [2.05, 4.69) is 66.3 Å². The minimum Gasteiger partial charge on any atom is -0.311 e. The van der Waals surface area contributed by atoms with Gasteiger partial charge < -0.3 is 15.1 Å². The van der Waals surface area contributed by atoms with Crippen molar-refractivity contribution >= 4 is 0 Å². The van der Waals surface area contributed by atoms with Crippen LogP contribution in [0.1, 0.15) is 25.8 Å². The van der Waals surface area contributed by atoms with Gasteiger partial charge in [-0.05, 0) is 45.8 Å². The molecule has 1 aromatic rings. The van der Waals surface area contributed by atoms with Gasteiger partial charge in [0.2, 0.25) is 0 Å². The van der Waals surface area contributed by atoms with E-state index in [1.54, 1.807) is 0 Å². The molecule has 0 radical (unpaired) electrons. The Labute approximate surface area is 130 Å². The maximum atomic E-state index is 3.71. The zero-order valence-corrected chi connectivity index (χ0v) is 13.9. The summed E-state index contributed by atoms with van der Waals surface area (Å²) in [6.45, 7) is 10.4. The quantitative estimate of drug-likeness (QED) is 0.792. The van der Waals surface area contributed by atoms with E-state index < -0.39 is 0 Å². The average Bonchev–Trinajstić information content (AvgIpc) is 2.94. The molecule has 1 aliphatic rings. The number of rotatable bonds is 8. The predicted octanol–water partition coefficient (Wildman–Crippen LogP) is 2.23. The van der Waals surface area contributed by atoms with Gasteiger partial charge in [-0.25, -0.2) is 0 Å². The van der Waals surface area contributed by atoms with E-state index in [9.17, 15) is 0 Å². The lowest BCUT2D eigenvalue weighted by molar-refractivity contribution is 0.267. The highest BCUT2D eigenvalue weighted by Gasteiger charge is 2.21. The third-order valence-electron chi connectivity index (χ3n) is 4.61. The van der Waals surface area contributed by atoms with E-state index in [0.29, 0.717) is 12.1 Å². The molecule has 0 aromatic heterocycles. The smallest absolute Gasteiger partial charge is 0.0207 e. The molecule has 0 spiro atoms. The van der Waals surface area contributed by atoms with Crippen LogP contribution in [0.5, 0.6) is 0 Å². The third kappa shape index (κ3) is 5.77. The predicted molar refractivity (Wildman–Crippen MR) is 90.8 cm³/mol. The zero-order chi connectivity index (χ0) is 15.1. The first kappa shape index (κ1) is 16.5. The van der Waals surface area contributed by atoms with E-state index in [-0.39, 0.29) is 0 Å². The van der Waals surface area contributed by atoms with E-state index >= 15 is 0 Å². The summed E-state index contributed by atoms with van der Waals surface area (Å²) in [5.41, 5.74) is 1.45. The molecule has 3 heteroatoms.